The molecule has 26 heavy (non-hydrogen) atoms. The lowest BCUT2D eigenvalue weighted by atomic mass is 10.1. The van der Waals surface area contributed by atoms with Crippen molar-refractivity contribution in [1.82, 2.24) is 5.32 Å². The van der Waals surface area contributed by atoms with E-state index < -0.39 is 9.84 Å². The van der Waals surface area contributed by atoms with Gasteiger partial charge < -0.3 is 10.2 Å². The summed E-state index contributed by atoms with van der Waals surface area (Å²) in [4.78, 5) is 13.8. The molecule has 0 unspecified atom stereocenters. The predicted molar refractivity (Wildman–Crippen MR) is 103 cm³/mol. The molecule has 0 aliphatic heterocycles. The van der Waals surface area contributed by atoms with Crippen molar-refractivity contribution in [3.8, 4) is 0 Å². The van der Waals surface area contributed by atoms with Gasteiger partial charge in [0.05, 0.1) is 24.7 Å². The Bertz CT molecular complexity index is 816. The Balaban J connectivity index is 2.00. The zero-order valence-corrected chi connectivity index (χ0v) is 16.3. The molecule has 6 heteroatoms. The van der Waals surface area contributed by atoms with E-state index in [0.717, 1.165) is 17.7 Å². The summed E-state index contributed by atoms with van der Waals surface area (Å²) < 4.78 is 24.8. The second-order valence-corrected chi connectivity index (χ2v) is 8.93. The van der Waals surface area contributed by atoms with Gasteiger partial charge in [0.25, 0.3) is 0 Å². The van der Waals surface area contributed by atoms with Crippen LogP contribution in [0, 0.1) is 6.92 Å². The summed E-state index contributed by atoms with van der Waals surface area (Å²) in [6.45, 7) is 2.63. The smallest absolute Gasteiger partial charge is 0.221 e. The van der Waals surface area contributed by atoms with Crippen LogP contribution < -0.4 is 10.2 Å². The SMILES string of the molecule is Cc1ccc(S(=O)(=O)CCC(=O)N[C@@H](C[NH+](C)C)c2ccccc2)cc1. The highest BCUT2D eigenvalue weighted by Crippen LogP contribution is 2.14. The fraction of sp³-hybridized carbons (Fsp3) is 0.350. The van der Waals surface area contributed by atoms with Gasteiger partial charge >= 0.3 is 0 Å². The molecule has 0 aliphatic rings. The molecule has 0 saturated heterocycles. The first-order valence-corrected chi connectivity index (χ1v) is 10.4. The molecule has 0 saturated carbocycles. The van der Waals surface area contributed by atoms with Crippen molar-refractivity contribution in [2.75, 3.05) is 26.4 Å². The van der Waals surface area contributed by atoms with Crippen molar-refractivity contribution in [3.63, 3.8) is 0 Å². The second kappa shape index (κ2) is 8.96. The number of carbonyl (C=O) groups is 1. The molecule has 1 amide bonds. The number of hydrogen-bond acceptors (Lipinski definition) is 3. The van der Waals surface area contributed by atoms with Crippen molar-refractivity contribution in [2.24, 2.45) is 0 Å². The van der Waals surface area contributed by atoms with Gasteiger partial charge in [-0.3, -0.25) is 4.79 Å². The molecule has 0 radical (unpaired) electrons. The van der Waals surface area contributed by atoms with E-state index in [2.05, 4.69) is 5.32 Å². The number of sulfone groups is 1. The van der Waals surface area contributed by atoms with E-state index in [1.807, 2.05) is 51.4 Å². The molecule has 1 atom stereocenters. The molecule has 0 aromatic heterocycles. The summed E-state index contributed by atoms with van der Waals surface area (Å²) in [5, 5.41) is 2.97. The van der Waals surface area contributed by atoms with Gasteiger partial charge in [0.15, 0.2) is 9.84 Å². The topological polar surface area (TPSA) is 67.7 Å². The molecule has 0 aliphatic carbocycles. The van der Waals surface area contributed by atoms with Gasteiger partial charge in [-0.05, 0) is 24.6 Å². The molecule has 140 valence electrons. The summed E-state index contributed by atoms with van der Waals surface area (Å²) in [6, 6.07) is 16.3. The van der Waals surface area contributed by atoms with Gasteiger partial charge in [-0.25, -0.2) is 8.42 Å². The van der Waals surface area contributed by atoms with Crippen LogP contribution in [0.4, 0.5) is 0 Å². The highest BCUT2D eigenvalue weighted by molar-refractivity contribution is 7.91. The van der Waals surface area contributed by atoms with Crippen LogP contribution in [0.3, 0.4) is 0 Å². The molecule has 0 fully saturated rings. The van der Waals surface area contributed by atoms with Crippen LogP contribution in [0.25, 0.3) is 0 Å². The molecule has 0 spiro atoms. The van der Waals surface area contributed by atoms with Crippen molar-refractivity contribution in [1.29, 1.82) is 0 Å². The predicted octanol–water partition coefficient (Wildman–Crippen LogP) is 1.16. The van der Waals surface area contributed by atoms with E-state index in [0.29, 0.717) is 0 Å². The Hall–Kier alpha value is -2.18. The molecule has 2 N–H and O–H groups in total. The second-order valence-electron chi connectivity index (χ2n) is 6.82. The monoisotopic (exact) mass is 375 g/mol. The first-order chi connectivity index (χ1) is 12.3. The van der Waals surface area contributed by atoms with Crippen LogP contribution >= 0.6 is 0 Å². The number of carbonyl (C=O) groups excluding carboxylic acids is 1. The van der Waals surface area contributed by atoms with E-state index in [9.17, 15) is 13.2 Å². The Labute approximate surface area is 156 Å². The minimum Gasteiger partial charge on any atom is -0.344 e. The molecule has 2 rings (SSSR count). The maximum absolute atomic E-state index is 12.4. The van der Waals surface area contributed by atoms with E-state index in [1.54, 1.807) is 24.3 Å². The average molecular weight is 376 g/mol. The third kappa shape index (κ3) is 5.97. The molecule has 5 nitrogen and oxygen atoms in total. The van der Waals surface area contributed by atoms with Gasteiger partial charge in [-0.1, -0.05) is 48.0 Å². The van der Waals surface area contributed by atoms with E-state index >= 15 is 0 Å². The Morgan fingerprint density at radius 3 is 2.23 bits per heavy atom. The average Bonchev–Trinajstić information content (AvgIpc) is 2.60. The van der Waals surface area contributed by atoms with Crippen LogP contribution in [0.1, 0.15) is 23.6 Å². The van der Waals surface area contributed by atoms with Crippen LogP contribution in [0.15, 0.2) is 59.5 Å². The number of quaternary nitrogens is 1. The fourth-order valence-electron chi connectivity index (χ4n) is 2.70. The van der Waals surface area contributed by atoms with Crippen molar-refractivity contribution in [2.45, 2.75) is 24.3 Å². The lowest BCUT2D eigenvalue weighted by Gasteiger charge is -2.21. The molecule has 0 heterocycles. The summed E-state index contributed by atoms with van der Waals surface area (Å²) >= 11 is 0. The van der Waals surface area contributed by atoms with Crippen molar-refractivity contribution >= 4 is 15.7 Å². The van der Waals surface area contributed by atoms with Crippen LogP contribution in [-0.2, 0) is 14.6 Å². The number of amides is 1. The molecule has 0 bridgehead atoms. The van der Waals surface area contributed by atoms with E-state index in [1.165, 1.54) is 4.90 Å². The van der Waals surface area contributed by atoms with Gasteiger partial charge in [0.1, 0.15) is 12.6 Å². The first-order valence-electron chi connectivity index (χ1n) is 8.71. The van der Waals surface area contributed by atoms with E-state index in [4.69, 9.17) is 0 Å². The van der Waals surface area contributed by atoms with E-state index in [-0.39, 0.29) is 29.0 Å². The Morgan fingerprint density at radius 1 is 1.04 bits per heavy atom. The zero-order valence-electron chi connectivity index (χ0n) is 15.5. The highest BCUT2D eigenvalue weighted by Gasteiger charge is 2.20. The number of likely N-dealkylation sites (N-methyl/N-ethyl adjacent to an activating group) is 1. The van der Waals surface area contributed by atoms with Gasteiger partial charge in [0, 0.05) is 6.42 Å². The summed E-state index contributed by atoms with van der Waals surface area (Å²) in [5.74, 6) is -0.450. The van der Waals surface area contributed by atoms with Gasteiger partial charge in [-0.15, -0.1) is 0 Å². The van der Waals surface area contributed by atoms with Crippen LogP contribution in [0.5, 0.6) is 0 Å². The Kier molecular flexibility index (Phi) is 6.94. The third-order valence-electron chi connectivity index (χ3n) is 4.13. The quantitative estimate of drug-likeness (QED) is 0.728. The summed E-state index contributed by atoms with van der Waals surface area (Å²) in [7, 11) is 0.574. The number of rotatable bonds is 8. The minimum absolute atomic E-state index is 0.0533. The van der Waals surface area contributed by atoms with Gasteiger partial charge in [0.2, 0.25) is 5.91 Å². The normalized spacial score (nSPS) is 12.8. The largest absolute Gasteiger partial charge is 0.344 e. The minimum atomic E-state index is -3.46. The summed E-state index contributed by atoms with van der Waals surface area (Å²) in [5.41, 5.74) is 2.02. The van der Waals surface area contributed by atoms with Crippen molar-refractivity contribution < 1.29 is 18.1 Å². The third-order valence-corrected chi connectivity index (χ3v) is 5.86. The lowest BCUT2D eigenvalue weighted by molar-refractivity contribution is -0.860. The van der Waals surface area contributed by atoms with Crippen LogP contribution in [-0.4, -0.2) is 40.7 Å². The number of aryl methyl sites for hydroxylation is 1. The van der Waals surface area contributed by atoms with Gasteiger partial charge in [-0.2, -0.15) is 0 Å². The highest BCUT2D eigenvalue weighted by atomic mass is 32.2. The number of nitrogens with one attached hydrogen (secondary N) is 2. The summed E-state index contributed by atoms with van der Waals surface area (Å²) in [6.07, 6.45) is -0.0533. The fourth-order valence-corrected chi connectivity index (χ4v) is 3.94. The molecule has 2 aromatic carbocycles. The van der Waals surface area contributed by atoms with Crippen LogP contribution in [0.2, 0.25) is 0 Å². The lowest BCUT2D eigenvalue weighted by Crippen LogP contribution is -3.06. The van der Waals surface area contributed by atoms with Crippen molar-refractivity contribution in [3.05, 3.63) is 65.7 Å². The number of hydrogen-bond donors (Lipinski definition) is 2. The molecular weight excluding hydrogens is 348 g/mol. The Morgan fingerprint density at radius 2 is 1.65 bits per heavy atom. The molecular formula is C20H27N2O3S+. The molecule has 2 aromatic rings. The number of benzene rings is 2. The first kappa shape index (κ1) is 20.1. The maximum Gasteiger partial charge on any atom is 0.221 e. The zero-order chi connectivity index (χ0) is 19.2. The maximum atomic E-state index is 12.4. The standard InChI is InChI=1S/C20H26N2O3S/c1-16-9-11-18(12-10-16)26(24,25)14-13-20(23)21-19(15-22(2)3)17-7-5-4-6-8-17/h4-12,19H,13-15H2,1-3H3,(H,21,23)/p+1/t19-/m0/s1.